The van der Waals surface area contributed by atoms with Crippen LogP contribution >= 0.6 is 15.9 Å². The maximum absolute atomic E-state index is 12.3. The molecule has 2 rings (SSSR count). The molecule has 2 aromatic carbocycles. The molecule has 0 aliphatic rings. The van der Waals surface area contributed by atoms with Crippen LogP contribution in [-0.4, -0.2) is 22.8 Å². The molecule has 124 valence electrons. The standard InChI is InChI=1S/C17H14BrNO5/c1-10-3-5-12(6-4-10)16(20)11(2)24-17(21)13-7-8-14(18)15(9-13)19(22)23/h3-9,11H,1-2H3/t11-/m0/s1. The Bertz CT molecular complexity index is 801. The van der Waals surface area contributed by atoms with E-state index in [9.17, 15) is 19.7 Å². The van der Waals surface area contributed by atoms with Crippen LogP contribution in [-0.2, 0) is 4.74 Å². The third-order valence-electron chi connectivity index (χ3n) is 3.37. The van der Waals surface area contributed by atoms with Crippen LogP contribution in [0, 0.1) is 17.0 Å². The number of ketones is 1. The van der Waals surface area contributed by atoms with Gasteiger partial charge in [0.2, 0.25) is 5.78 Å². The molecule has 0 bridgehead atoms. The summed E-state index contributed by atoms with van der Waals surface area (Å²) in [7, 11) is 0. The van der Waals surface area contributed by atoms with E-state index in [-0.39, 0.29) is 21.5 Å². The van der Waals surface area contributed by atoms with Crippen molar-refractivity contribution in [1.82, 2.24) is 0 Å². The van der Waals surface area contributed by atoms with Crippen LogP contribution in [0.2, 0.25) is 0 Å². The van der Waals surface area contributed by atoms with E-state index in [4.69, 9.17) is 4.74 Å². The molecule has 7 heteroatoms. The number of carbonyl (C=O) groups is 2. The first-order valence-electron chi connectivity index (χ1n) is 7.05. The molecule has 0 N–H and O–H groups in total. The van der Waals surface area contributed by atoms with Gasteiger partial charge in [0.25, 0.3) is 5.69 Å². The summed E-state index contributed by atoms with van der Waals surface area (Å²) >= 11 is 3.04. The van der Waals surface area contributed by atoms with Crippen molar-refractivity contribution in [1.29, 1.82) is 0 Å². The monoisotopic (exact) mass is 391 g/mol. The Labute approximate surface area is 146 Å². The first kappa shape index (κ1) is 17.8. The second kappa shape index (κ2) is 7.35. The summed E-state index contributed by atoms with van der Waals surface area (Å²) < 4.78 is 5.39. The summed E-state index contributed by atoms with van der Waals surface area (Å²) in [5.74, 6) is -1.13. The van der Waals surface area contributed by atoms with Gasteiger partial charge in [-0.15, -0.1) is 0 Å². The van der Waals surface area contributed by atoms with E-state index in [2.05, 4.69) is 15.9 Å². The molecule has 1 atom stereocenters. The van der Waals surface area contributed by atoms with Crippen LogP contribution in [0.25, 0.3) is 0 Å². The molecule has 0 fully saturated rings. The number of nitro benzene ring substituents is 1. The smallest absolute Gasteiger partial charge is 0.339 e. The average molecular weight is 392 g/mol. The lowest BCUT2D eigenvalue weighted by Crippen LogP contribution is -2.24. The topological polar surface area (TPSA) is 86.5 Å². The molecule has 0 aromatic heterocycles. The van der Waals surface area contributed by atoms with Gasteiger partial charge in [0.15, 0.2) is 6.10 Å². The summed E-state index contributed by atoms with van der Waals surface area (Å²) in [5, 5.41) is 10.9. The molecule has 6 nitrogen and oxygen atoms in total. The summed E-state index contributed by atoms with van der Waals surface area (Å²) in [6.07, 6.45) is -0.997. The predicted octanol–water partition coefficient (Wildman–Crippen LogP) is 4.09. The lowest BCUT2D eigenvalue weighted by molar-refractivity contribution is -0.385. The lowest BCUT2D eigenvalue weighted by atomic mass is 10.1. The molecule has 0 radical (unpaired) electrons. The Morgan fingerprint density at radius 1 is 1.12 bits per heavy atom. The largest absolute Gasteiger partial charge is 0.451 e. The summed E-state index contributed by atoms with van der Waals surface area (Å²) in [5.41, 5.74) is 1.21. The fourth-order valence-corrected chi connectivity index (χ4v) is 2.41. The fraction of sp³-hybridized carbons (Fsp3) is 0.176. The molecule has 0 saturated carbocycles. The van der Waals surface area contributed by atoms with Gasteiger partial charge in [0.1, 0.15) is 0 Å². The Hall–Kier alpha value is -2.54. The van der Waals surface area contributed by atoms with E-state index >= 15 is 0 Å². The third kappa shape index (κ3) is 4.05. The second-order valence-electron chi connectivity index (χ2n) is 5.20. The van der Waals surface area contributed by atoms with Crippen LogP contribution in [0.3, 0.4) is 0 Å². The first-order valence-corrected chi connectivity index (χ1v) is 7.84. The first-order chi connectivity index (χ1) is 11.3. The molecular weight excluding hydrogens is 378 g/mol. The van der Waals surface area contributed by atoms with Crippen molar-refractivity contribution in [2.75, 3.05) is 0 Å². The van der Waals surface area contributed by atoms with Gasteiger partial charge >= 0.3 is 5.97 Å². The van der Waals surface area contributed by atoms with E-state index in [0.29, 0.717) is 5.56 Å². The van der Waals surface area contributed by atoms with Crippen molar-refractivity contribution in [2.45, 2.75) is 20.0 Å². The number of Topliss-reactive ketones (excluding diaryl/α,β-unsaturated/α-hetero) is 1. The number of hydrogen-bond donors (Lipinski definition) is 0. The highest BCUT2D eigenvalue weighted by Crippen LogP contribution is 2.26. The Balaban J connectivity index is 2.14. The molecular formula is C17H14BrNO5. The normalized spacial score (nSPS) is 11.6. The van der Waals surface area contributed by atoms with Gasteiger partial charge in [-0.3, -0.25) is 14.9 Å². The van der Waals surface area contributed by atoms with Gasteiger partial charge in [-0.1, -0.05) is 29.8 Å². The molecule has 0 aliphatic heterocycles. The number of rotatable bonds is 5. The highest BCUT2D eigenvalue weighted by atomic mass is 79.9. The van der Waals surface area contributed by atoms with E-state index in [1.165, 1.54) is 19.1 Å². The van der Waals surface area contributed by atoms with Gasteiger partial charge in [-0.25, -0.2) is 4.79 Å². The minimum Gasteiger partial charge on any atom is -0.451 e. The number of esters is 1. The van der Waals surface area contributed by atoms with Crippen LogP contribution in [0.4, 0.5) is 5.69 Å². The zero-order chi connectivity index (χ0) is 17.9. The van der Waals surface area contributed by atoms with Gasteiger partial charge in [0.05, 0.1) is 15.0 Å². The zero-order valence-electron chi connectivity index (χ0n) is 13.0. The van der Waals surface area contributed by atoms with Gasteiger partial charge in [0, 0.05) is 11.6 Å². The number of halogens is 1. The van der Waals surface area contributed by atoms with Gasteiger partial charge in [-0.2, -0.15) is 0 Å². The zero-order valence-corrected chi connectivity index (χ0v) is 14.6. The Morgan fingerprint density at radius 3 is 2.29 bits per heavy atom. The molecule has 0 saturated heterocycles. The van der Waals surface area contributed by atoms with Crippen LogP contribution in [0.15, 0.2) is 46.9 Å². The number of nitrogens with zero attached hydrogens (tertiary/aromatic N) is 1. The molecule has 0 heterocycles. The van der Waals surface area contributed by atoms with E-state index in [1.54, 1.807) is 24.3 Å². The van der Waals surface area contributed by atoms with Crippen molar-refractivity contribution < 1.29 is 19.2 Å². The Morgan fingerprint density at radius 2 is 1.71 bits per heavy atom. The molecule has 0 spiro atoms. The molecule has 0 amide bonds. The van der Waals surface area contributed by atoms with E-state index < -0.39 is 17.0 Å². The fourth-order valence-electron chi connectivity index (χ4n) is 2.01. The van der Waals surface area contributed by atoms with E-state index in [0.717, 1.165) is 11.6 Å². The number of carbonyl (C=O) groups excluding carboxylic acids is 2. The van der Waals surface area contributed by atoms with Crippen LogP contribution in [0.1, 0.15) is 33.2 Å². The average Bonchev–Trinajstić information content (AvgIpc) is 2.54. The van der Waals surface area contributed by atoms with Crippen LogP contribution < -0.4 is 0 Å². The highest BCUT2D eigenvalue weighted by molar-refractivity contribution is 9.10. The van der Waals surface area contributed by atoms with Crippen molar-refractivity contribution in [3.63, 3.8) is 0 Å². The number of benzene rings is 2. The number of hydrogen-bond acceptors (Lipinski definition) is 5. The summed E-state index contributed by atoms with van der Waals surface area (Å²) in [6.45, 7) is 3.37. The van der Waals surface area contributed by atoms with Gasteiger partial charge in [-0.05, 0) is 41.9 Å². The molecule has 2 aromatic rings. The number of aryl methyl sites for hydroxylation is 1. The number of ether oxygens (including phenoxy) is 1. The SMILES string of the molecule is Cc1ccc(C(=O)[C@H](C)OC(=O)c2ccc(Br)c([N+](=O)[O-])c2)cc1. The Kier molecular flexibility index (Phi) is 5.46. The van der Waals surface area contributed by atoms with Gasteiger partial charge < -0.3 is 4.74 Å². The van der Waals surface area contributed by atoms with Crippen molar-refractivity contribution >= 4 is 33.4 Å². The molecule has 24 heavy (non-hydrogen) atoms. The quantitative estimate of drug-likeness (QED) is 0.331. The maximum Gasteiger partial charge on any atom is 0.339 e. The summed E-state index contributed by atoms with van der Waals surface area (Å²) in [6, 6.07) is 10.8. The number of nitro groups is 1. The highest BCUT2D eigenvalue weighted by Gasteiger charge is 2.22. The lowest BCUT2D eigenvalue weighted by Gasteiger charge is -2.12. The maximum atomic E-state index is 12.3. The van der Waals surface area contributed by atoms with Crippen molar-refractivity contribution in [3.8, 4) is 0 Å². The van der Waals surface area contributed by atoms with Crippen LogP contribution in [0.5, 0.6) is 0 Å². The minimum absolute atomic E-state index is 0.00783. The predicted molar refractivity (Wildman–Crippen MR) is 91.2 cm³/mol. The molecule has 0 unspecified atom stereocenters. The van der Waals surface area contributed by atoms with Crippen molar-refractivity contribution in [2.24, 2.45) is 0 Å². The summed E-state index contributed by atoms with van der Waals surface area (Å²) in [4.78, 5) is 34.7. The van der Waals surface area contributed by atoms with E-state index in [1.807, 2.05) is 6.92 Å². The molecule has 0 aliphatic carbocycles. The minimum atomic E-state index is -0.997. The third-order valence-corrected chi connectivity index (χ3v) is 4.04. The second-order valence-corrected chi connectivity index (χ2v) is 6.06. The van der Waals surface area contributed by atoms with Crippen molar-refractivity contribution in [3.05, 3.63) is 73.7 Å².